The lowest BCUT2D eigenvalue weighted by atomic mass is 10.1. The largest absolute Gasteiger partial charge is 0.460 e. The van der Waals surface area contributed by atoms with Crippen molar-refractivity contribution >= 4 is 28.8 Å². The second-order valence-electron chi connectivity index (χ2n) is 4.21. The molecule has 108 valence electrons. The van der Waals surface area contributed by atoms with E-state index in [0.717, 1.165) is 0 Å². The Morgan fingerprint density at radius 1 is 1.43 bits per heavy atom. The number of amides is 1. The minimum absolute atomic E-state index is 0.0289. The van der Waals surface area contributed by atoms with E-state index in [9.17, 15) is 19.7 Å². The molecule has 3 N–H and O–H groups in total. The number of nitrogens with zero attached hydrogens (tertiary/aromatic N) is 1. The Hall–Kier alpha value is -3.16. The van der Waals surface area contributed by atoms with Crippen molar-refractivity contribution in [1.82, 2.24) is 0 Å². The molecule has 2 aromatic rings. The zero-order valence-corrected chi connectivity index (χ0v) is 11.0. The van der Waals surface area contributed by atoms with Gasteiger partial charge in [0.05, 0.1) is 10.5 Å². The number of para-hydroxylation sites is 1. The third kappa shape index (κ3) is 2.89. The Morgan fingerprint density at radius 2 is 2.14 bits per heavy atom. The zero-order chi connectivity index (χ0) is 15.6. The maximum absolute atomic E-state index is 10.7. The number of carbonyl (C=O) groups is 2. The lowest BCUT2D eigenvalue weighted by molar-refractivity contribution is -0.383. The molecular weight excluding hydrogens is 278 g/mol. The standard InChI is InChI=1S/C8H9N3O3.C5H2O2/c1-5(12)10-7-4-2-3-6(9)8(7)11(13)14;6-5-3-1-4(5)7-2-3/h2-4H,9H2,1H3,(H,10,12);1-2H. The molecule has 2 bridgehead atoms. The number of nitro benzene ring substituents is 1. The molecule has 1 aromatic heterocycles. The van der Waals surface area contributed by atoms with Crippen LogP contribution in [0.15, 0.2) is 34.9 Å². The van der Waals surface area contributed by atoms with Crippen LogP contribution in [0.3, 0.4) is 0 Å². The van der Waals surface area contributed by atoms with E-state index in [-0.39, 0.29) is 28.8 Å². The first-order valence-corrected chi connectivity index (χ1v) is 5.84. The van der Waals surface area contributed by atoms with Gasteiger partial charge in [0.25, 0.3) is 0 Å². The summed E-state index contributed by atoms with van der Waals surface area (Å²) in [5, 5.41) is 12.9. The number of hydrogen-bond acceptors (Lipinski definition) is 6. The van der Waals surface area contributed by atoms with E-state index >= 15 is 0 Å². The summed E-state index contributed by atoms with van der Waals surface area (Å²) in [6, 6.07) is 6.09. The summed E-state index contributed by atoms with van der Waals surface area (Å²) in [7, 11) is 0. The van der Waals surface area contributed by atoms with Crippen molar-refractivity contribution in [3.05, 3.63) is 52.0 Å². The second kappa shape index (κ2) is 5.45. The number of benzene rings is 1. The molecule has 0 atom stereocenters. The molecular formula is C13H11N3O5. The Morgan fingerprint density at radius 3 is 2.52 bits per heavy atom. The predicted octanol–water partition coefficient (Wildman–Crippen LogP) is 1.96. The van der Waals surface area contributed by atoms with E-state index < -0.39 is 4.92 Å². The van der Waals surface area contributed by atoms with Crippen molar-refractivity contribution in [2.45, 2.75) is 6.92 Å². The minimum atomic E-state index is -0.624. The average molecular weight is 289 g/mol. The van der Waals surface area contributed by atoms with Gasteiger partial charge in [0, 0.05) is 6.92 Å². The summed E-state index contributed by atoms with van der Waals surface area (Å²) < 4.78 is 4.69. The number of carbonyl (C=O) groups excluding carboxylic acids is 2. The highest BCUT2D eigenvalue weighted by molar-refractivity contribution is 6.14. The van der Waals surface area contributed by atoms with E-state index in [0.29, 0.717) is 11.3 Å². The first kappa shape index (κ1) is 14.3. The van der Waals surface area contributed by atoms with Crippen LogP contribution in [0.1, 0.15) is 23.0 Å². The van der Waals surface area contributed by atoms with Crippen molar-refractivity contribution in [3.63, 3.8) is 0 Å². The fourth-order valence-electron chi connectivity index (χ4n) is 1.69. The maximum atomic E-state index is 10.7. The number of rotatable bonds is 2. The van der Waals surface area contributed by atoms with E-state index in [4.69, 9.17) is 5.73 Å². The number of nitro groups is 1. The summed E-state index contributed by atoms with van der Waals surface area (Å²) in [5.41, 5.74) is 5.98. The van der Waals surface area contributed by atoms with Crippen LogP contribution < -0.4 is 11.1 Å². The van der Waals surface area contributed by atoms with Crippen molar-refractivity contribution in [3.8, 4) is 0 Å². The van der Waals surface area contributed by atoms with Crippen molar-refractivity contribution in [2.75, 3.05) is 11.1 Å². The number of hydrogen-bond donors (Lipinski definition) is 2. The summed E-state index contributed by atoms with van der Waals surface area (Å²) in [6.45, 7) is 1.27. The first-order valence-electron chi connectivity index (χ1n) is 5.84. The van der Waals surface area contributed by atoms with Gasteiger partial charge in [-0.3, -0.25) is 19.7 Å². The molecule has 21 heavy (non-hydrogen) atoms. The van der Waals surface area contributed by atoms with Gasteiger partial charge in [0.1, 0.15) is 17.6 Å². The number of furan rings is 1. The molecule has 8 nitrogen and oxygen atoms in total. The van der Waals surface area contributed by atoms with Crippen molar-refractivity contribution in [1.29, 1.82) is 0 Å². The molecule has 4 rings (SSSR count). The highest BCUT2D eigenvalue weighted by atomic mass is 16.6. The van der Waals surface area contributed by atoms with Crippen LogP contribution in [0, 0.1) is 10.1 Å². The molecule has 2 heterocycles. The Bertz CT molecular complexity index is 707. The fraction of sp³-hybridized carbons (Fsp3) is 0.0769. The summed E-state index contributed by atoms with van der Waals surface area (Å²) in [5.74, 6) is 0.175. The second-order valence-corrected chi connectivity index (χ2v) is 4.21. The summed E-state index contributed by atoms with van der Waals surface area (Å²) in [6.07, 6.45) is 1.47. The lowest BCUT2D eigenvalue weighted by Gasteiger charge is -2.04. The quantitative estimate of drug-likeness (QED) is 0.421. The van der Waals surface area contributed by atoms with Crippen LogP contribution in [0.5, 0.6) is 0 Å². The van der Waals surface area contributed by atoms with Gasteiger partial charge in [0.2, 0.25) is 11.7 Å². The van der Waals surface area contributed by atoms with Crippen LogP contribution in [0.25, 0.3) is 0 Å². The van der Waals surface area contributed by atoms with Crippen LogP contribution in [-0.4, -0.2) is 16.6 Å². The number of ketones is 1. The Labute approximate surface area is 118 Å². The molecule has 1 aromatic carbocycles. The summed E-state index contributed by atoms with van der Waals surface area (Å²) in [4.78, 5) is 31.1. The van der Waals surface area contributed by atoms with Crippen molar-refractivity contribution < 1.29 is 18.9 Å². The van der Waals surface area contributed by atoms with E-state index in [1.165, 1.54) is 31.4 Å². The van der Waals surface area contributed by atoms with E-state index in [1.807, 2.05) is 0 Å². The molecule has 0 fully saturated rings. The maximum Gasteiger partial charge on any atom is 0.315 e. The topological polar surface area (TPSA) is 128 Å². The van der Waals surface area contributed by atoms with Gasteiger partial charge < -0.3 is 15.5 Å². The van der Waals surface area contributed by atoms with Crippen LogP contribution in [0.2, 0.25) is 0 Å². The molecule has 0 saturated heterocycles. The van der Waals surface area contributed by atoms with Gasteiger partial charge in [-0.25, -0.2) is 0 Å². The Balaban J connectivity index is 0.000000189. The molecule has 1 aliphatic carbocycles. The smallest absolute Gasteiger partial charge is 0.315 e. The monoisotopic (exact) mass is 289 g/mol. The zero-order valence-electron chi connectivity index (χ0n) is 11.0. The minimum Gasteiger partial charge on any atom is -0.460 e. The molecule has 0 unspecified atom stereocenters. The number of anilines is 2. The van der Waals surface area contributed by atoms with E-state index in [2.05, 4.69) is 9.73 Å². The number of fused-ring (bicyclic) bond motifs is 1. The number of nitrogen functional groups attached to an aromatic ring is 1. The Kier molecular flexibility index (Phi) is 3.70. The van der Waals surface area contributed by atoms with Crippen LogP contribution in [-0.2, 0) is 4.79 Å². The van der Waals surface area contributed by atoms with Gasteiger partial charge in [0.15, 0.2) is 5.76 Å². The highest BCUT2D eigenvalue weighted by Crippen LogP contribution is 2.30. The predicted molar refractivity (Wildman–Crippen MR) is 74.0 cm³/mol. The average Bonchev–Trinajstić information content (AvgIpc) is 3.00. The third-order valence-corrected chi connectivity index (χ3v) is 2.65. The van der Waals surface area contributed by atoms with Crippen LogP contribution >= 0.6 is 0 Å². The van der Waals surface area contributed by atoms with Gasteiger partial charge >= 0.3 is 5.69 Å². The summed E-state index contributed by atoms with van der Waals surface area (Å²) >= 11 is 0. The van der Waals surface area contributed by atoms with Gasteiger partial charge in [-0.15, -0.1) is 0 Å². The van der Waals surface area contributed by atoms with Gasteiger partial charge in [-0.2, -0.15) is 0 Å². The molecule has 0 radical (unpaired) electrons. The molecule has 0 spiro atoms. The molecule has 1 aliphatic heterocycles. The number of nitrogens with one attached hydrogen (secondary N) is 1. The fourth-order valence-corrected chi connectivity index (χ4v) is 1.69. The first-order chi connectivity index (χ1) is 9.90. The highest BCUT2D eigenvalue weighted by Gasteiger charge is 2.24. The molecule has 1 amide bonds. The molecule has 2 aliphatic rings. The van der Waals surface area contributed by atoms with Crippen LogP contribution in [0.4, 0.5) is 17.1 Å². The number of nitrogens with two attached hydrogens (primary N) is 1. The molecule has 0 saturated carbocycles. The SMILES string of the molecule is CC(=O)Nc1cccc(N)c1[N+](=O)[O-].O=C1c2coc1c2. The normalized spacial score (nSPS) is 11.0. The van der Waals surface area contributed by atoms with Gasteiger partial charge in [-0.05, 0) is 18.2 Å². The van der Waals surface area contributed by atoms with Gasteiger partial charge in [-0.1, -0.05) is 6.07 Å². The van der Waals surface area contributed by atoms with Crippen molar-refractivity contribution in [2.24, 2.45) is 0 Å². The third-order valence-electron chi connectivity index (χ3n) is 2.65. The van der Waals surface area contributed by atoms with E-state index in [1.54, 1.807) is 6.07 Å². The molecule has 8 heteroatoms. The lowest BCUT2D eigenvalue weighted by Crippen LogP contribution is -2.09.